The number of anilines is 1. The zero-order valence-electron chi connectivity index (χ0n) is 18.3. The molecule has 11 heteroatoms. The Hall–Kier alpha value is -4.67. The van der Waals surface area contributed by atoms with Gasteiger partial charge in [0.25, 0.3) is 5.69 Å². The van der Waals surface area contributed by atoms with Crippen LogP contribution in [0, 0.1) is 22.0 Å². The summed E-state index contributed by atoms with van der Waals surface area (Å²) in [6, 6.07) is 9.40. The molecule has 2 aromatic carbocycles. The number of ether oxygens (including phenoxy) is 1. The van der Waals surface area contributed by atoms with E-state index in [4.69, 9.17) is 4.74 Å². The molecular formula is C24H18N4O7. The van der Waals surface area contributed by atoms with E-state index in [0.29, 0.717) is 0 Å². The van der Waals surface area contributed by atoms with Gasteiger partial charge in [-0.3, -0.25) is 34.3 Å². The minimum absolute atomic E-state index is 0.172. The van der Waals surface area contributed by atoms with Gasteiger partial charge in [0.2, 0.25) is 11.8 Å². The molecule has 0 spiro atoms. The van der Waals surface area contributed by atoms with E-state index >= 15 is 0 Å². The fraction of sp³-hybridized carbons (Fsp3) is 0.208. The van der Waals surface area contributed by atoms with Crippen LogP contribution in [-0.4, -0.2) is 51.8 Å². The van der Waals surface area contributed by atoms with Crippen molar-refractivity contribution in [1.29, 1.82) is 0 Å². The summed E-state index contributed by atoms with van der Waals surface area (Å²) in [5, 5.41) is 16.8. The van der Waals surface area contributed by atoms with Crippen LogP contribution in [-0.2, 0) is 14.4 Å². The number of Topliss-reactive ketones (excluding diaryl/α,β-unsaturated/α-hetero) is 1. The van der Waals surface area contributed by atoms with E-state index in [1.807, 2.05) is 0 Å². The van der Waals surface area contributed by atoms with Crippen LogP contribution in [0.1, 0.15) is 17.3 Å². The highest BCUT2D eigenvalue weighted by Gasteiger charge is 2.64. The normalized spacial score (nSPS) is 24.4. The van der Waals surface area contributed by atoms with E-state index in [9.17, 15) is 29.3 Å². The van der Waals surface area contributed by atoms with Crippen LogP contribution in [0.15, 0.2) is 65.8 Å². The Kier molecular flexibility index (Phi) is 5.24. The van der Waals surface area contributed by atoms with Gasteiger partial charge in [-0.1, -0.05) is 6.08 Å². The Morgan fingerprint density at radius 1 is 1.00 bits per heavy atom. The summed E-state index contributed by atoms with van der Waals surface area (Å²) in [4.78, 5) is 63.1. The van der Waals surface area contributed by atoms with Gasteiger partial charge in [0.05, 0.1) is 28.5 Å². The lowest BCUT2D eigenvalue weighted by Gasteiger charge is -2.30. The van der Waals surface area contributed by atoms with Gasteiger partial charge in [-0.25, -0.2) is 4.90 Å². The first-order valence-corrected chi connectivity index (χ1v) is 10.7. The fourth-order valence-electron chi connectivity index (χ4n) is 4.84. The molecule has 0 aliphatic carbocycles. The van der Waals surface area contributed by atoms with E-state index < -0.39 is 52.4 Å². The maximum Gasteiger partial charge on any atom is 0.308 e. The van der Waals surface area contributed by atoms with Crippen LogP contribution in [0.4, 0.5) is 11.4 Å². The molecule has 0 bridgehead atoms. The monoisotopic (exact) mass is 474 g/mol. The Balaban J connectivity index is 1.50. The van der Waals surface area contributed by atoms with Gasteiger partial charge in [-0.2, -0.15) is 5.10 Å². The lowest BCUT2D eigenvalue weighted by molar-refractivity contribution is -0.384. The number of imide groups is 1. The van der Waals surface area contributed by atoms with Crippen molar-refractivity contribution in [1.82, 2.24) is 5.01 Å². The zero-order valence-corrected chi connectivity index (χ0v) is 18.3. The molecule has 176 valence electrons. The molecule has 0 saturated carbocycles. The number of benzene rings is 2. The third-order valence-corrected chi connectivity index (χ3v) is 6.28. The molecule has 5 rings (SSSR count). The van der Waals surface area contributed by atoms with Crippen LogP contribution in [0.5, 0.6) is 5.75 Å². The predicted molar refractivity (Wildman–Crippen MR) is 122 cm³/mol. The van der Waals surface area contributed by atoms with Crippen molar-refractivity contribution >= 4 is 41.2 Å². The van der Waals surface area contributed by atoms with Crippen LogP contribution >= 0.6 is 0 Å². The molecule has 3 heterocycles. The summed E-state index contributed by atoms with van der Waals surface area (Å²) in [6.45, 7) is 1.26. The Morgan fingerprint density at radius 2 is 1.66 bits per heavy atom. The molecule has 2 aromatic rings. The van der Waals surface area contributed by atoms with Crippen molar-refractivity contribution in [2.45, 2.75) is 19.0 Å². The third-order valence-electron chi connectivity index (χ3n) is 6.28. The Labute approximate surface area is 198 Å². The lowest BCUT2D eigenvalue weighted by Crippen LogP contribution is -2.46. The van der Waals surface area contributed by atoms with E-state index in [-0.39, 0.29) is 22.7 Å². The number of hydrogen-bond donors (Lipinski definition) is 0. The number of carbonyl (C=O) groups is 4. The number of hydrogen-bond acceptors (Lipinski definition) is 9. The number of hydrazone groups is 1. The number of ketones is 1. The highest BCUT2D eigenvalue weighted by molar-refractivity contribution is 6.24. The van der Waals surface area contributed by atoms with Crippen molar-refractivity contribution < 1.29 is 28.8 Å². The maximum atomic E-state index is 13.6. The van der Waals surface area contributed by atoms with Gasteiger partial charge in [0, 0.05) is 30.8 Å². The van der Waals surface area contributed by atoms with Gasteiger partial charge in [-0.15, -0.1) is 0 Å². The molecule has 3 aliphatic heterocycles. The van der Waals surface area contributed by atoms with Crippen LogP contribution < -0.4 is 9.64 Å². The second-order valence-electron chi connectivity index (χ2n) is 8.28. The third kappa shape index (κ3) is 3.57. The predicted octanol–water partition coefficient (Wildman–Crippen LogP) is 2.12. The van der Waals surface area contributed by atoms with Crippen LogP contribution in [0.2, 0.25) is 0 Å². The van der Waals surface area contributed by atoms with Crippen LogP contribution in [0.3, 0.4) is 0 Å². The van der Waals surface area contributed by atoms with Gasteiger partial charge < -0.3 is 4.74 Å². The van der Waals surface area contributed by atoms with Crippen molar-refractivity contribution in [2.24, 2.45) is 16.9 Å². The smallest absolute Gasteiger partial charge is 0.308 e. The number of amides is 2. The molecule has 0 N–H and O–H groups in total. The molecule has 2 amide bonds. The quantitative estimate of drug-likeness (QED) is 0.160. The second kappa shape index (κ2) is 8.28. The largest absolute Gasteiger partial charge is 0.427 e. The van der Waals surface area contributed by atoms with Crippen molar-refractivity contribution in [3.05, 3.63) is 76.4 Å². The summed E-state index contributed by atoms with van der Waals surface area (Å²) < 4.78 is 5.01. The van der Waals surface area contributed by atoms with Crippen LogP contribution in [0.25, 0.3) is 0 Å². The molecular weight excluding hydrogens is 456 g/mol. The first-order valence-electron chi connectivity index (χ1n) is 10.7. The zero-order chi connectivity index (χ0) is 24.9. The number of nitro benzene ring substituents is 1. The topological polar surface area (TPSA) is 139 Å². The summed E-state index contributed by atoms with van der Waals surface area (Å²) in [6.07, 6.45) is 4.88. The first kappa shape index (κ1) is 22.1. The summed E-state index contributed by atoms with van der Waals surface area (Å²) in [5.74, 6) is -3.54. The fourth-order valence-corrected chi connectivity index (χ4v) is 4.84. The number of nitro groups is 1. The number of non-ortho nitro benzene ring substituents is 1. The highest BCUT2D eigenvalue weighted by atomic mass is 16.6. The molecule has 0 radical (unpaired) electrons. The van der Waals surface area contributed by atoms with Crippen molar-refractivity contribution in [3.63, 3.8) is 0 Å². The van der Waals surface area contributed by atoms with Crippen molar-refractivity contribution in [3.8, 4) is 5.75 Å². The number of carbonyl (C=O) groups excluding carboxylic acids is 4. The standard InChI is InChI=1S/C24H18N4O7/c1-13(29)35-17-10-4-14(5-11-17)22(30)21-20-19(18-3-2-12-25-27(18)21)23(31)26(24(20)32)15-6-8-16(9-7-15)28(33)34/h2-12,18-21H,1H3/t18-,19-,20+,21-/m1/s1. The molecule has 35 heavy (non-hydrogen) atoms. The number of rotatable bonds is 5. The Bertz CT molecular complexity index is 1320. The molecule has 2 saturated heterocycles. The van der Waals surface area contributed by atoms with E-state index in [0.717, 1.165) is 4.90 Å². The maximum absolute atomic E-state index is 13.6. The number of esters is 1. The average molecular weight is 474 g/mol. The molecule has 2 fully saturated rings. The summed E-state index contributed by atoms with van der Waals surface area (Å²) >= 11 is 0. The average Bonchev–Trinajstić information content (AvgIpc) is 3.31. The van der Waals surface area contributed by atoms with E-state index in [1.54, 1.807) is 12.2 Å². The minimum Gasteiger partial charge on any atom is -0.427 e. The van der Waals surface area contributed by atoms with Gasteiger partial charge >= 0.3 is 5.97 Å². The molecule has 0 aromatic heterocycles. The van der Waals surface area contributed by atoms with Gasteiger partial charge in [0.15, 0.2) is 5.78 Å². The molecule has 3 aliphatic rings. The highest BCUT2D eigenvalue weighted by Crippen LogP contribution is 2.46. The number of allylic oxidation sites excluding steroid dienone is 1. The SMILES string of the molecule is CC(=O)Oc1ccc(C(=O)[C@H]2[C@H]3C(=O)N(c4ccc([N+](=O)[O-])cc4)C(=O)[C@@H]3[C@H]3C=CC=NN32)cc1. The number of nitrogens with zero attached hydrogens (tertiary/aromatic N) is 4. The van der Waals surface area contributed by atoms with E-state index in [2.05, 4.69) is 5.10 Å². The number of fused-ring (bicyclic) bond motifs is 3. The molecule has 0 unspecified atom stereocenters. The van der Waals surface area contributed by atoms with Gasteiger partial charge in [-0.05, 0) is 42.5 Å². The summed E-state index contributed by atoms with van der Waals surface area (Å²) in [5.41, 5.74) is 0.296. The first-order chi connectivity index (χ1) is 16.8. The molecule has 11 nitrogen and oxygen atoms in total. The van der Waals surface area contributed by atoms with Crippen molar-refractivity contribution in [2.75, 3.05) is 4.90 Å². The summed E-state index contributed by atoms with van der Waals surface area (Å²) in [7, 11) is 0. The lowest BCUT2D eigenvalue weighted by atomic mass is 9.86. The minimum atomic E-state index is -1.04. The Morgan fingerprint density at radius 3 is 2.29 bits per heavy atom. The van der Waals surface area contributed by atoms with Gasteiger partial charge in [0.1, 0.15) is 11.8 Å². The molecule has 4 atom stereocenters. The van der Waals surface area contributed by atoms with E-state index in [1.165, 1.54) is 66.7 Å². The second-order valence-corrected chi connectivity index (χ2v) is 8.28.